The standard InChI is InChI=1S/C23H30N4O2/c1-18-8-9-21(28)27(24-18)16-22(29)26-12-10-23(11-13-26)14-20(15-25(2)17-23)19-6-4-3-5-7-19/h3-9,20H,10-17H2,1-2H3/t20-/m1/s1. The summed E-state index contributed by atoms with van der Waals surface area (Å²) in [4.78, 5) is 29.1. The SMILES string of the molecule is Cc1ccc(=O)n(CC(=O)N2CCC3(CC2)C[C@@H](c2ccccc2)CN(C)C3)n1. The highest BCUT2D eigenvalue weighted by molar-refractivity contribution is 5.76. The summed E-state index contributed by atoms with van der Waals surface area (Å²) in [6.07, 6.45) is 3.22. The molecule has 0 aliphatic carbocycles. The summed E-state index contributed by atoms with van der Waals surface area (Å²) < 4.78 is 1.28. The molecule has 4 rings (SSSR count). The average molecular weight is 395 g/mol. The fourth-order valence-electron chi connectivity index (χ4n) is 5.10. The predicted octanol–water partition coefficient (Wildman–Crippen LogP) is 2.28. The molecule has 6 heteroatoms. The molecule has 1 spiro atoms. The number of likely N-dealkylation sites (N-methyl/N-ethyl adjacent to an activating group) is 1. The van der Waals surface area contributed by atoms with Crippen molar-refractivity contribution >= 4 is 5.91 Å². The van der Waals surface area contributed by atoms with Crippen molar-refractivity contribution in [3.05, 3.63) is 64.1 Å². The van der Waals surface area contributed by atoms with E-state index in [-0.39, 0.29) is 23.4 Å². The van der Waals surface area contributed by atoms with Crippen LogP contribution in [0.2, 0.25) is 0 Å². The Hall–Kier alpha value is -2.47. The Kier molecular flexibility index (Phi) is 5.54. The summed E-state index contributed by atoms with van der Waals surface area (Å²) >= 11 is 0. The molecule has 2 saturated heterocycles. The molecule has 2 aliphatic heterocycles. The molecular formula is C23H30N4O2. The summed E-state index contributed by atoms with van der Waals surface area (Å²) in [5, 5.41) is 4.19. The smallest absolute Gasteiger partial charge is 0.267 e. The van der Waals surface area contributed by atoms with Crippen molar-refractivity contribution in [3.63, 3.8) is 0 Å². The topological polar surface area (TPSA) is 58.4 Å². The number of nitrogens with zero attached hydrogens (tertiary/aromatic N) is 4. The summed E-state index contributed by atoms with van der Waals surface area (Å²) in [7, 11) is 2.21. The Morgan fingerprint density at radius 1 is 1.14 bits per heavy atom. The van der Waals surface area contributed by atoms with Crippen molar-refractivity contribution in [2.45, 2.75) is 38.6 Å². The first-order chi connectivity index (χ1) is 13.9. The van der Waals surface area contributed by atoms with E-state index < -0.39 is 0 Å². The fourth-order valence-corrected chi connectivity index (χ4v) is 5.10. The van der Waals surface area contributed by atoms with Crippen LogP contribution >= 0.6 is 0 Å². The molecule has 2 aliphatic rings. The zero-order chi connectivity index (χ0) is 20.4. The average Bonchev–Trinajstić information content (AvgIpc) is 2.71. The van der Waals surface area contributed by atoms with Crippen LogP contribution in [0.4, 0.5) is 0 Å². The van der Waals surface area contributed by atoms with E-state index in [1.807, 2.05) is 11.8 Å². The summed E-state index contributed by atoms with van der Waals surface area (Å²) in [6, 6.07) is 14.0. The number of rotatable bonds is 3. The third kappa shape index (κ3) is 4.42. The van der Waals surface area contributed by atoms with Gasteiger partial charge in [0.1, 0.15) is 6.54 Å². The third-order valence-electron chi connectivity index (χ3n) is 6.55. The first-order valence-corrected chi connectivity index (χ1v) is 10.5. The fraction of sp³-hybridized carbons (Fsp3) is 0.522. The van der Waals surface area contributed by atoms with Crippen molar-refractivity contribution in [1.29, 1.82) is 0 Å². The normalized spacial score (nSPS) is 22.0. The largest absolute Gasteiger partial charge is 0.341 e. The molecular weight excluding hydrogens is 364 g/mol. The minimum absolute atomic E-state index is 0.0103. The first kappa shape index (κ1) is 19.8. The number of amides is 1. The van der Waals surface area contributed by atoms with Gasteiger partial charge in [0, 0.05) is 32.2 Å². The molecule has 1 atom stereocenters. The van der Waals surface area contributed by atoms with Crippen LogP contribution in [0.25, 0.3) is 0 Å². The van der Waals surface area contributed by atoms with E-state index in [9.17, 15) is 9.59 Å². The van der Waals surface area contributed by atoms with Crippen LogP contribution < -0.4 is 5.56 Å². The maximum Gasteiger partial charge on any atom is 0.267 e. The van der Waals surface area contributed by atoms with Gasteiger partial charge in [-0.25, -0.2) is 4.68 Å². The molecule has 0 unspecified atom stereocenters. The number of likely N-dealkylation sites (tertiary alicyclic amines) is 2. The Bertz CT molecular complexity index is 916. The number of aromatic nitrogens is 2. The van der Waals surface area contributed by atoms with Gasteiger partial charge >= 0.3 is 0 Å². The highest BCUT2D eigenvalue weighted by Crippen LogP contribution is 2.44. The third-order valence-corrected chi connectivity index (χ3v) is 6.55. The highest BCUT2D eigenvalue weighted by atomic mass is 16.2. The Labute approximate surface area is 172 Å². The van der Waals surface area contributed by atoms with Crippen molar-refractivity contribution in [3.8, 4) is 0 Å². The number of hydrogen-bond donors (Lipinski definition) is 0. The Balaban J connectivity index is 1.41. The van der Waals surface area contributed by atoms with Crippen molar-refractivity contribution in [1.82, 2.24) is 19.6 Å². The van der Waals surface area contributed by atoms with Gasteiger partial charge in [-0.3, -0.25) is 9.59 Å². The maximum atomic E-state index is 12.8. The lowest BCUT2D eigenvalue weighted by Crippen LogP contribution is -2.52. The second-order valence-electron chi connectivity index (χ2n) is 8.86. The summed E-state index contributed by atoms with van der Waals surface area (Å²) in [5.74, 6) is 0.538. The van der Waals surface area contributed by atoms with Gasteiger partial charge in [0.25, 0.3) is 5.56 Å². The molecule has 29 heavy (non-hydrogen) atoms. The van der Waals surface area contributed by atoms with Crippen LogP contribution in [-0.4, -0.2) is 58.7 Å². The number of aryl methyl sites for hydroxylation is 1. The number of piperidine rings is 2. The predicted molar refractivity (Wildman–Crippen MR) is 113 cm³/mol. The van der Waals surface area contributed by atoms with Gasteiger partial charge < -0.3 is 9.80 Å². The van der Waals surface area contributed by atoms with E-state index in [1.54, 1.807) is 6.07 Å². The van der Waals surface area contributed by atoms with E-state index >= 15 is 0 Å². The first-order valence-electron chi connectivity index (χ1n) is 10.5. The van der Waals surface area contributed by atoms with Gasteiger partial charge in [-0.1, -0.05) is 30.3 Å². The molecule has 6 nitrogen and oxygen atoms in total. The molecule has 1 amide bonds. The van der Waals surface area contributed by atoms with Gasteiger partial charge in [0.05, 0.1) is 5.69 Å². The minimum Gasteiger partial charge on any atom is -0.341 e. The van der Waals surface area contributed by atoms with Crippen LogP contribution in [0, 0.1) is 12.3 Å². The number of carbonyl (C=O) groups excluding carboxylic acids is 1. The lowest BCUT2D eigenvalue weighted by molar-refractivity contribution is -0.135. The lowest BCUT2D eigenvalue weighted by Gasteiger charge is -2.49. The second kappa shape index (κ2) is 8.11. The van der Waals surface area contributed by atoms with Crippen molar-refractivity contribution in [2.24, 2.45) is 5.41 Å². The van der Waals surface area contributed by atoms with Crippen LogP contribution in [0.3, 0.4) is 0 Å². The molecule has 0 N–H and O–H groups in total. The van der Waals surface area contributed by atoms with E-state index in [4.69, 9.17) is 0 Å². The van der Waals surface area contributed by atoms with E-state index in [1.165, 1.54) is 22.7 Å². The Morgan fingerprint density at radius 3 is 2.59 bits per heavy atom. The molecule has 154 valence electrons. The van der Waals surface area contributed by atoms with E-state index in [2.05, 4.69) is 47.4 Å². The van der Waals surface area contributed by atoms with Crippen LogP contribution in [0.5, 0.6) is 0 Å². The van der Waals surface area contributed by atoms with Gasteiger partial charge in [0.2, 0.25) is 5.91 Å². The number of carbonyl (C=O) groups is 1. The summed E-state index contributed by atoms with van der Waals surface area (Å²) in [5.41, 5.74) is 2.20. The minimum atomic E-state index is -0.225. The molecule has 1 aromatic heterocycles. The van der Waals surface area contributed by atoms with E-state index in [0.29, 0.717) is 5.92 Å². The van der Waals surface area contributed by atoms with Crippen molar-refractivity contribution in [2.75, 3.05) is 33.2 Å². The van der Waals surface area contributed by atoms with Gasteiger partial charge in [0.15, 0.2) is 0 Å². The summed E-state index contributed by atoms with van der Waals surface area (Å²) in [6.45, 7) is 5.56. The molecule has 0 radical (unpaired) electrons. The molecule has 0 bridgehead atoms. The van der Waals surface area contributed by atoms with Crippen molar-refractivity contribution < 1.29 is 4.79 Å². The molecule has 1 aromatic carbocycles. The van der Waals surface area contributed by atoms with Crippen LogP contribution in [0.15, 0.2) is 47.3 Å². The zero-order valence-electron chi connectivity index (χ0n) is 17.4. The Morgan fingerprint density at radius 2 is 1.86 bits per heavy atom. The lowest BCUT2D eigenvalue weighted by atomic mass is 9.68. The molecule has 3 heterocycles. The van der Waals surface area contributed by atoms with Crippen LogP contribution in [-0.2, 0) is 11.3 Å². The molecule has 2 aromatic rings. The quantitative estimate of drug-likeness (QED) is 0.801. The molecule has 0 saturated carbocycles. The van der Waals surface area contributed by atoms with Gasteiger partial charge in [-0.2, -0.15) is 5.10 Å². The number of benzene rings is 1. The monoisotopic (exact) mass is 394 g/mol. The number of hydrogen-bond acceptors (Lipinski definition) is 4. The van der Waals surface area contributed by atoms with Crippen LogP contribution in [0.1, 0.15) is 36.4 Å². The highest BCUT2D eigenvalue weighted by Gasteiger charge is 2.42. The van der Waals surface area contributed by atoms with Gasteiger partial charge in [-0.05, 0) is 56.2 Å². The second-order valence-corrected chi connectivity index (χ2v) is 8.86. The van der Waals surface area contributed by atoms with E-state index in [0.717, 1.165) is 44.7 Å². The zero-order valence-corrected chi connectivity index (χ0v) is 17.4. The molecule has 2 fully saturated rings. The van der Waals surface area contributed by atoms with Gasteiger partial charge in [-0.15, -0.1) is 0 Å². The maximum absolute atomic E-state index is 12.8.